The van der Waals surface area contributed by atoms with Crippen LogP contribution in [-0.4, -0.2) is 21.5 Å². The molecule has 2 aromatic rings. The predicted octanol–water partition coefficient (Wildman–Crippen LogP) is 2.23. The zero-order chi connectivity index (χ0) is 12.3. The van der Waals surface area contributed by atoms with E-state index in [1.54, 1.807) is 0 Å². The number of hydrogen-bond donors (Lipinski definition) is 2. The van der Waals surface area contributed by atoms with Crippen molar-refractivity contribution in [2.75, 3.05) is 6.54 Å². The van der Waals surface area contributed by atoms with Gasteiger partial charge in [0.15, 0.2) is 0 Å². The fraction of sp³-hybridized carbons (Fsp3) is 0.385. The molecular formula is C13H18N4. The molecule has 0 aliphatic carbocycles. The van der Waals surface area contributed by atoms with Crippen LogP contribution in [0.1, 0.15) is 30.8 Å². The Morgan fingerprint density at radius 1 is 1.41 bits per heavy atom. The first-order chi connectivity index (χ1) is 8.24. The Hall–Kier alpha value is -1.68. The molecule has 0 spiro atoms. The number of aryl methyl sites for hydroxylation is 1. The van der Waals surface area contributed by atoms with Crippen LogP contribution in [0.4, 0.5) is 0 Å². The highest BCUT2D eigenvalue weighted by Gasteiger charge is 2.13. The van der Waals surface area contributed by atoms with Gasteiger partial charge in [-0.3, -0.25) is 0 Å². The highest BCUT2D eigenvalue weighted by atomic mass is 14.9. The summed E-state index contributed by atoms with van der Waals surface area (Å²) in [5.74, 6) is 1.09. The van der Waals surface area contributed by atoms with Gasteiger partial charge in [-0.1, -0.05) is 6.92 Å². The number of nitrogens with two attached hydrogens (primary N) is 1. The van der Waals surface area contributed by atoms with E-state index in [1.165, 1.54) is 0 Å². The minimum Gasteiger partial charge on any atom is -0.360 e. The standard InChI is InChI=1S/C13H18N4/c1-3-10(8-14)13-16-9(2)7-12(17-13)11-5-4-6-15-11/h4-7,10,15H,3,8,14H2,1-2H3. The molecule has 0 radical (unpaired) electrons. The highest BCUT2D eigenvalue weighted by molar-refractivity contribution is 5.54. The van der Waals surface area contributed by atoms with Gasteiger partial charge in [0.2, 0.25) is 0 Å². The average Bonchev–Trinajstić information content (AvgIpc) is 2.83. The maximum atomic E-state index is 5.75. The SMILES string of the molecule is CCC(CN)c1nc(C)cc(-c2ccc[nH]2)n1. The van der Waals surface area contributed by atoms with Gasteiger partial charge in [-0.25, -0.2) is 9.97 Å². The van der Waals surface area contributed by atoms with Gasteiger partial charge in [0.05, 0.1) is 11.4 Å². The quantitative estimate of drug-likeness (QED) is 0.846. The average molecular weight is 230 g/mol. The summed E-state index contributed by atoms with van der Waals surface area (Å²) in [7, 11) is 0. The van der Waals surface area contributed by atoms with Crippen LogP contribution in [0.25, 0.3) is 11.4 Å². The van der Waals surface area contributed by atoms with Crippen molar-refractivity contribution in [1.82, 2.24) is 15.0 Å². The minimum absolute atomic E-state index is 0.239. The molecule has 1 atom stereocenters. The maximum Gasteiger partial charge on any atom is 0.133 e. The summed E-state index contributed by atoms with van der Waals surface area (Å²) in [6.45, 7) is 4.68. The molecule has 0 amide bonds. The first-order valence-corrected chi connectivity index (χ1v) is 5.94. The molecule has 0 saturated heterocycles. The summed E-state index contributed by atoms with van der Waals surface area (Å²) in [6.07, 6.45) is 2.86. The lowest BCUT2D eigenvalue weighted by Gasteiger charge is -2.12. The first-order valence-electron chi connectivity index (χ1n) is 5.94. The molecule has 2 aromatic heterocycles. The summed E-state index contributed by atoms with van der Waals surface area (Å²) >= 11 is 0. The van der Waals surface area contributed by atoms with Crippen LogP contribution in [0.3, 0.4) is 0 Å². The first kappa shape index (κ1) is 11.8. The van der Waals surface area contributed by atoms with E-state index in [1.807, 2.05) is 31.3 Å². The van der Waals surface area contributed by atoms with Gasteiger partial charge >= 0.3 is 0 Å². The third-order valence-electron chi connectivity index (χ3n) is 2.89. The van der Waals surface area contributed by atoms with Crippen LogP contribution in [0.15, 0.2) is 24.4 Å². The lowest BCUT2D eigenvalue weighted by molar-refractivity contribution is 0.628. The predicted molar refractivity (Wildman–Crippen MR) is 68.6 cm³/mol. The van der Waals surface area contributed by atoms with E-state index in [-0.39, 0.29) is 5.92 Å². The molecule has 3 N–H and O–H groups in total. The second-order valence-electron chi connectivity index (χ2n) is 4.18. The van der Waals surface area contributed by atoms with Crippen LogP contribution in [0.5, 0.6) is 0 Å². The molecule has 1 unspecified atom stereocenters. The van der Waals surface area contributed by atoms with Crippen molar-refractivity contribution >= 4 is 0 Å². The van der Waals surface area contributed by atoms with E-state index >= 15 is 0 Å². The normalized spacial score (nSPS) is 12.6. The second kappa shape index (κ2) is 5.10. The fourth-order valence-corrected chi connectivity index (χ4v) is 1.86. The molecule has 17 heavy (non-hydrogen) atoms. The Morgan fingerprint density at radius 3 is 2.82 bits per heavy atom. The Kier molecular flexibility index (Phi) is 3.54. The monoisotopic (exact) mass is 230 g/mol. The van der Waals surface area contributed by atoms with Gasteiger partial charge in [-0.05, 0) is 31.5 Å². The largest absolute Gasteiger partial charge is 0.360 e. The molecule has 4 nitrogen and oxygen atoms in total. The van der Waals surface area contributed by atoms with Crippen molar-refractivity contribution < 1.29 is 0 Å². The topological polar surface area (TPSA) is 67.6 Å². The minimum atomic E-state index is 0.239. The summed E-state index contributed by atoms with van der Waals surface area (Å²) in [6, 6.07) is 5.96. The fourth-order valence-electron chi connectivity index (χ4n) is 1.86. The molecule has 0 aliphatic heterocycles. The van der Waals surface area contributed by atoms with Gasteiger partial charge < -0.3 is 10.7 Å². The van der Waals surface area contributed by atoms with Crippen molar-refractivity contribution in [3.63, 3.8) is 0 Å². The van der Waals surface area contributed by atoms with Crippen molar-refractivity contribution in [2.24, 2.45) is 5.73 Å². The number of hydrogen-bond acceptors (Lipinski definition) is 3. The zero-order valence-electron chi connectivity index (χ0n) is 10.3. The molecule has 90 valence electrons. The van der Waals surface area contributed by atoms with E-state index in [0.29, 0.717) is 6.54 Å². The maximum absolute atomic E-state index is 5.75. The second-order valence-corrected chi connectivity index (χ2v) is 4.18. The summed E-state index contributed by atoms with van der Waals surface area (Å²) in [4.78, 5) is 12.2. The van der Waals surface area contributed by atoms with Crippen LogP contribution in [-0.2, 0) is 0 Å². The number of aromatic nitrogens is 3. The Balaban J connectivity index is 2.42. The van der Waals surface area contributed by atoms with E-state index in [0.717, 1.165) is 29.3 Å². The van der Waals surface area contributed by atoms with Crippen molar-refractivity contribution in [2.45, 2.75) is 26.2 Å². The van der Waals surface area contributed by atoms with Crippen LogP contribution < -0.4 is 5.73 Å². The van der Waals surface area contributed by atoms with Gasteiger partial charge in [0, 0.05) is 24.4 Å². The Bertz CT molecular complexity index is 472. The van der Waals surface area contributed by atoms with Crippen molar-refractivity contribution in [3.05, 3.63) is 35.9 Å². The summed E-state index contributed by atoms with van der Waals surface area (Å²) in [5.41, 5.74) is 8.68. The van der Waals surface area contributed by atoms with E-state index in [9.17, 15) is 0 Å². The highest BCUT2D eigenvalue weighted by Crippen LogP contribution is 2.20. The van der Waals surface area contributed by atoms with Gasteiger partial charge in [0.1, 0.15) is 5.82 Å². The number of H-pyrrole nitrogens is 1. The summed E-state index contributed by atoms with van der Waals surface area (Å²) < 4.78 is 0. The molecule has 0 bridgehead atoms. The van der Waals surface area contributed by atoms with Crippen LogP contribution in [0, 0.1) is 6.92 Å². The molecule has 0 aliphatic rings. The van der Waals surface area contributed by atoms with Gasteiger partial charge in [-0.2, -0.15) is 0 Å². The van der Waals surface area contributed by atoms with Crippen LogP contribution >= 0.6 is 0 Å². The lowest BCUT2D eigenvalue weighted by Crippen LogP contribution is -2.15. The van der Waals surface area contributed by atoms with E-state index < -0.39 is 0 Å². The molecular weight excluding hydrogens is 212 g/mol. The number of nitrogens with one attached hydrogen (secondary N) is 1. The number of rotatable bonds is 4. The third kappa shape index (κ3) is 2.53. The van der Waals surface area contributed by atoms with Crippen LogP contribution in [0.2, 0.25) is 0 Å². The summed E-state index contributed by atoms with van der Waals surface area (Å²) in [5, 5.41) is 0. The van der Waals surface area contributed by atoms with Gasteiger partial charge in [0.25, 0.3) is 0 Å². The van der Waals surface area contributed by atoms with Gasteiger partial charge in [-0.15, -0.1) is 0 Å². The molecule has 0 fully saturated rings. The van der Waals surface area contributed by atoms with Crippen molar-refractivity contribution in [3.8, 4) is 11.4 Å². The molecule has 2 rings (SSSR count). The molecule has 2 heterocycles. The number of nitrogens with zero attached hydrogens (tertiary/aromatic N) is 2. The lowest BCUT2D eigenvalue weighted by atomic mass is 10.1. The zero-order valence-corrected chi connectivity index (χ0v) is 10.3. The number of aromatic amines is 1. The Morgan fingerprint density at radius 2 is 2.24 bits per heavy atom. The Labute approximate surface area is 101 Å². The van der Waals surface area contributed by atoms with E-state index in [4.69, 9.17) is 5.73 Å². The van der Waals surface area contributed by atoms with Crippen molar-refractivity contribution in [1.29, 1.82) is 0 Å². The molecule has 4 heteroatoms. The smallest absolute Gasteiger partial charge is 0.133 e. The third-order valence-corrected chi connectivity index (χ3v) is 2.89. The molecule has 0 aromatic carbocycles. The van der Waals surface area contributed by atoms with E-state index in [2.05, 4.69) is 21.9 Å². The molecule has 0 saturated carbocycles.